The van der Waals surface area contributed by atoms with E-state index in [0.29, 0.717) is 38.5 Å². The summed E-state index contributed by atoms with van der Waals surface area (Å²) in [6.45, 7) is 0.147. The Bertz CT molecular complexity index is 771. The van der Waals surface area contributed by atoms with E-state index in [4.69, 9.17) is 38.1 Å². The van der Waals surface area contributed by atoms with E-state index in [1.807, 2.05) is 0 Å². The molecule has 0 saturated heterocycles. The van der Waals surface area contributed by atoms with Gasteiger partial charge >= 0.3 is 0 Å². The highest BCUT2D eigenvalue weighted by molar-refractivity contribution is 6.34. The normalized spacial score (nSPS) is 10.9. The number of para-hydroxylation sites is 1. The number of ether oxygens (including phenoxy) is 1. The fraction of sp³-hybridized carbons (Fsp3) is 0.0714. The third kappa shape index (κ3) is 2.53. The van der Waals surface area contributed by atoms with E-state index in [9.17, 15) is 0 Å². The van der Waals surface area contributed by atoms with E-state index in [0.717, 1.165) is 0 Å². The van der Waals surface area contributed by atoms with Crippen molar-refractivity contribution in [3.63, 3.8) is 0 Å². The summed E-state index contributed by atoms with van der Waals surface area (Å²) >= 11 is 11.9. The summed E-state index contributed by atoms with van der Waals surface area (Å²) in [5.74, 6) is 0.906. The van der Waals surface area contributed by atoms with Crippen molar-refractivity contribution >= 4 is 40.0 Å². The number of hydrogen-bond acceptors (Lipinski definition) is 4. The second kappa shape index (κ2) is 5.23. The number of oxazole rings is 1. The number of rotatable bonds is 3. The molecule has 0 aliphatic rings. The Hall–Kier alpha value is -1.91. The fourth-order valence-corrected chi connectivity index (χ4v) is 2.14. The van der Waals surface area contributed by atoms with Crippen molar-refractivity contribution in [3.05, 3.63) is 52.3 Å². The number of halogens is 2. The van der Waals surface area contributed by atoms with Gasteiger partial charge in [0, 0.05) is 11.1 Å². The van der Waals surface area contributed by atoms with Crippen molar-refractivity contribution in [1.29, 1.82) is 0 Å². The molecular formula is C14H10Cl2N2O2. The van der Waals surface area contributed by atoms with Crippen molar-refractivity contribution in [2.24, 2.45) is 0 Å². The topological polar surface area (TPSA) is 61.3 Å². The lowest BCUT2D eigenvalue weighted by atomic mass is 10.3. The zero-order valence-electron chi connectivity index (χ0n) is 10.3. The Morgan fingerprint density at radius 2 is 2.05 bits per heavy atom. The van der Waals surface area contributed by atoms with Crippen molar-refractivity contribution in [1.82, 2.24) is 4.98 Å². The van der Waals surface area contributed by atoms with Crippen LogP contribution in [0.15, 0.2) is 40.8 Å². The number of nitrogens with zero attached hydrogens (tertiary/aromatic N) is 1. The minimum absolute atomic E-state index is 0.147. The quantitative estimate of drug-likeness (QED) is 0.733. The molecular weight excluding hydrogens is 299 g/mol. The Morgan fingerprint density at radius 3 is 2.85 bits per heavy atom. The van der Waals surface area contributed by atoms with Crippen LogP contribution >= 0.6 is 23.2 Å². The summed E-state index contributed by atoms with van der Waals surface area (Å²) in [5.41, 5.74) is 7.64. The van der Waals surface area contributed by atoms with Gasteiger partial charge in [-0.2, -0.15) is 0 Å². The molecule has 0 bridgehead atoms. The molecule has 0 aliphatic heterocycles. The molecule has 6 heteroatoms. The average molecular weight is 309 g/mol. The monoisotopic (exact) mass is 308 g/mol. The summed E-state index contributed by atoms with van der Waals surface area (Å²) in [6, 6.07) is 10.4. The summed E-state index contributed by atoms with van der Waals surface area (Å²) in [4.78, 5) is 4.29. The summed E-state index contributed by atoms with van der Waals surface area (Å²) < 4.78 is 11.1. The van der Waals surface area contributed by atoms with Crippen LogP contribution in [0.5, 0.6) is 5.75 Å². The van der Waals surface area contributed by atoms with Crippen LogP contribution in [0.25, 0.3) is 11.1 Å². The molecule has 20 heavy (non-hydrogen) atoms. The Kier molecular flexibility index (Phi) is 3.42. The first kappa shape index (κ1) is 13.1. The molecule has 0 atom stereocenters. The highest BCUT2D eigenvalue weighted by atomic mass is 35.5. The maximum Gasteiger partial charge on any atom is 0.233 e. The number of nitrogen functional groups attached to an aromatic ring is 1. The Morgan fingerprint density at radius 1 is 1.20 bits per heavy atom. The molecule has 2 aromatic carbocycles. The molecule has 4 nitrogen and oxygen atoms in total. The minimum Gasteiger partial charge on any atom is -0.482 e. The largest absolute Gasteiger partial charge is 0.482 e. The van der Waals surface area contributed by atoms with Crippen LogP contribution in [0.3, 0.4) is 0 Å². The second-order valence-electron chi connectivity index (χ2n) is 4.17. The van der Waals surface area contributed by atoms with Crippen LogP contribution in [0, 0.1) is 0 Å². The standard InChI is InChI=1S/C14H10Cl2N2O2/c15-8-4-5-9(16)12(6-8)19-7-13-18-14-10(17)2-1-3-11(14)20-13/h1-6H,7,17H2. The predicted molar refractivity (Wildman–Crippen MR) is 79.2 cm³/mol. The van der Waals surface area contributed by atoms with Crippen molar-refractivity contribution in [3.8, 4) is 5.75 Å². The number of anilines is 1. The number of benzene rings is 2. The first-order chi connectivity index (χ1) is 9.63. The molecule has 0 saturated carbocycles. The van der Waals surface area contributed by atoms with Gasteiger partial charge in [-0.25, -0.2) is 4.98 Å². The molecule has 0 aliphatic carbocycles. The molecule has 3 rings (SSSR count). The summed E-state index contributed by atoms with van der Waals surface area (Å²) in [7, 11) is 0. The summed E-state index contributed by atoms with van der Waals surface area (Å²) in [5, 5.41) is 1.02. The zero-order valence-corrected chi connectivity index (χ0v) is 11.8. The van der Waals surface area contributed by atoms with Gasteiger partial charge in [0.1, 0.15) is 11.3 Å². The van der Waals surface area contributed by atoms with E-state index in [1.165, 1.54) is 0 Å². The third-order valence-electron chi connectivity index (χ3n) is 2.74. The van der Waals surface area contributed by atoms with Gasteiger partial charge in [0.25, 0.3) is 0 Å². The summed E-state index contributed by atoms with van der Waals surface area (Å²) in [6.07, 6.45) is 0. The molecule has 1 heterocycles. The number of nitrogens with two attached hydrogens (primary N) is 1. The Labute approximate surface area is 125 Å². The molecule has 0 unspecified atom stereocenters. The number of aromatic nitrogens is 1. The lowest BCUT2D eigenvalue weighted by Gasteiger charge is -2.05. The second-order valence-corrected chi connectivity index (χ2v) is 5.01. The van der Waals surface area contributed by atoms with E-state index in [1.54, 1.807) is 36.4 Å². The van der Waals surface area contributed by atoms with E-state index >= 15 is 0 Å². The molecule has 1 aromatic heterocycles. The maximum absolute atomic E-state index is 6.01. The highest BCUT2D eigenvalue weighted by Gasteiger charge is 2.10. The molecule has 0 fully saturated rings. The first-order valence-electron chi connectivity index (χ1n) is 5.85. The van der Waals surface area contributed by atoms with Gasteiger partial charge in [-0.15, -0.1) is 0 Å². The fourth-order valence-electron chi connectivity index (χ4n) is 1.80. The van der Waals surface area contributed by atoms with Crippen LogP contribution in [0.2, 0.25) is 10.0 Å². The smallest absolute Gasteiger partial charge is 0.233 e. The Balaban J connectivity index is 1.83. The van der Waals surface area contributed by atoms with Gasteiger partial charge < -0.3 is 14.9 Å². The maximum atomic E-state index is 6.01. The van der Waals surface area contributed by atoms with Gasteiger partial charge in [0.05, 0.1) is 10.7 Å². The van der Waals surface area contributed by atoms with Crippen LogP contribution in [0.4, 0.5) is 5.69 Å². The van der Waals surface area contributed by atoms with E-state index < -0.39 is 0 Å². The highest BCUT2D eigenvalue weighted by Crippen LogP contribution is 2.29. The lowest BCUT2D eigenvalue weighted by Crippen LogP contribution is -1.96. The third-order valence-corrected chi connectivity index (χ3v) is 3.29. The first-order valence-corrected chi connectivity index (χ1v) is 6.61. The number of hydrogen-bond donors (Lipinski definition) is 1. The van der Waals surface area contributed by atoms with E-state index in [-0.39, 0.29) is 6.61 Å². The lowest BCUT2D eigenvalue weighted by molar-refractivity contribution is 0.267. The minimum atomic E-state index is 0.147. The van der Waals surface area contributed by atoms with Gasteiger partial charge in [0.2, 0.25) is 5.89 Å². The predicted octanol–water partition coefficient (Wildman–Crippen LogP) is 4.30. The van der Waals surface area contributed by atoms with Crippen molar-refractivity contribution < 1.29 is 9.15 Å². The molecule has 0 amide bonds. The molecule has 102 valence electrons. The molecule has 0 spiro atoms. The van der Waals surface area contributed by atoms with Gasteiger partial charge in [-0.05, 0) is 24.3 Å². The van der Waals surface area contributed by atoms with E-state index in [2.05, 4.69) is 4.98 Å². The van der Waals surface area contributed by atoms with Crippen molar-refractivity contribution in [2.75, 3.05) is 5.73 Å². The van der Waals surface area contributed by atoms with Gasteiger partial charge in [-0.3, -0.25) is 0 Å². The molecule has 2 N–H and O–H groups in total. The van der Waals surface area contributed by atoms with Gasteiger partial charge in [0.15, 0.2) is 12.2 Å². The van der Waals surface area contributed by atoms with Crippen LogP contribution in [0.1, 0.15) is 5.89 Å². The van der Waals surface area contributed by atoms with Gasteiger partial charge in [-0.1, -0.05) is 29.3 Å². The SMILES string of the molecule is Nc1cccc2oc(COc3cc(Cl)ccc3Cl)nc12. The molecule has 0 radical (unpaired) electrons. The van der Waals surface area contributed by atoms with Crippen LogP contribution in [-0.2, 0) is 6.61 Å². The van der Waals surface area contributed by atoms with Crippen LogP contribution < -0.4 is 10.5 Å². The number of fused-ring (bicyclic) bond motifs is 1. The molecule has 3 aromatic rings. The zero-order chi connectivity index (χ0) is 14.1. The average Bonchev–Trinajstić information content (AvgIpc) is 2.84. The van der Waals surface area contributed by atoms with Crippen LogP contribution in [-0.4, -0.2) is 4.98 Å². The van der Waals surface area contributed by atoms with Crippen molar-refractivity contribution in [2.45, 2.75) is 6.61 Å².